The first-order valence-electron chi connectivity index (χ1n) is 6.62. The van der Waals surface area contributed by atoms with E-state index in [2.05, 4.69) is 25.2 Å². The molecule has 0 spiro atoms. The molecular weight excluding hydrogens is 254 g/mol. The van der Waals surface area contributed by atoms with Gasteiger partial charge in [-0.15, -0.1) is 0 Å². The third kappa shape index (κ3) is 2.74. The van der Waals surface area contributed by atoms with E-state index >= 15 is 0 Å². The maximum Gasteiger partial charge on any atom is 0.275 e. The molecule has 0 saturated carbocycles. The van der Waals surface area contributed by atoms with Crippen LogP contribution in [0.25, 0.3) is 0 Å². The normalized spacial score (nSPS) is 14.3. The summed E-state index contributed by atoms with van der Waals surface area (Å²) in [4.78, 5) is 26.6. The van der Waals surface area contributed by atoms with E-state index in [0.29, 0.717) is 11.5 Å². The first-order valence-corrected chi connectivity index (χ1v) is 6.62. The molecule has 1 fully saturated rings. The van der Waals surface area contributed by atoms with E-state index in [1.54, 1.807) is 24.4 Å². The van der Waals surface area contributed by atoms with Crippen LogP contribution in [0.2, 0.25) is 0 Å². The van der Waals surface area contributed by atoms with E-state index in [-0.39, 0.29) is 5.91 Å². The number of pyridine rings is 1. The lowest BCUT2D eigenvalue weighted by Gasteiger charge is -2.16. The minimum absolute atomic E-state index is 0.272. The lowest BCUT2D eigenvalue weighted by molar-refractivity contribution is 0.102. The fourth-order valence-electron chi connectivity index (χ4n) is 2.21. The second-order valence-electron chi connectivity index (χ2n) is 4.62. The topological polar surface area (TPSA) is 71.0 Å². The SMILES string of the molecule is O=C(Nc1ccccn1)c1cc(N2CCCC2)ncn1. The van der Waals surface area contributed by atoms with E-state index in [9.17, 15) is 4.79 Å². The van der Waals surface area contributed by atoms with Crippen LogP contribution in [0, 0.1) is 0 Å². The molecule has 6 heteroatoms. The molecule has 0 bridgehead atoms. The molecule has 2 aromatic rings. The van der Waals surface area contributed by atoms with Crippen LogP contribution in [0.1, 0.15) is 23.3 Å². The highest BCUT2D eigenvalue weighted by molar-refractivity contribution is 6.02. The molecule has 1 aliphatic heterocycles. The minimum atomic E-state index is -0.272. The zero-order valence-corrected chi connectivity index (χ0v) is 11.0. The lowest BCUT2D eigenvalue weighted by atomic mass is 10.3. The van der Waals surface area contributed by atoms with Crippen molar-refractivity contribution in [3.8, 4) is 0 Å². The Hall–Kier alpha value is -2.50. The van der Waals surface area contributed by atoms with Crippen LogP contribution in [0.4, 0.5) is 11.6 Å². The van der Waals surface area contributed by atoms with Crippen molar-refractivity contribution in [2.45, 2.75) is 12.8 Å². The average molecular weight is 269 g/mol. The van der Waals surface area contributed by atoms with Crippen molar-refractivity contribution in [2.75, 3.05) is 23.3 Å². The molecule has 1 aliphatic rings. The van der Waals surface area contributed by atoms with Gasteiger partial charge in [-0.05, 0) is 25.0 Å². The largest absolute Gasteiger partial charge is 0.357 e. The van der Waals surface area contributed by atoms with Crippen molar-refractivity contribution in [2.24, 2.45) is 0 Å². The maximum atomic E-state index is 12.1. The number of carbonyl (C=O) groups is 1. The van der Waals surface area contributed by atoms with Gasteiger partial charge in [0.2, 0.25) is 0 Å². The highest BCUT2D eigenvalue weighted by atomic mass is 16.1. The van der Waals surface area contributed by atoms with Crippen LogP contribution in [0.5, 0.6) is 0 Å². The van der Waals surface area contributed by atoms with Gasteiger partial charge in [-0.1, -0.05) is 6.07 Å². The average Bonchev–Trinajstić information content (AvgIpc) is 3.03. The van der Waals surface area contributed by atoms with E-state index in [0.717, 1.165) is 18.9 Å². The molecule has 102 valence electrons. The Morgan fingerprint density at radius 1 is 1.15 bits per heavy atom. The summed E-state index contributed by atoms with van der Waals surface area (Å²) in [5.41, 5.74) is 0.354. The molecule has 20 heavy (non-hydrogen) atoms. The number of anilines is 2. The van der Waals surface area contributed by atoms with Crippen molar-refractivity contribution in [1.29, 1.82) is 0 Å². The number of hydrogen-bond donors (Lipinski definition) is 1. The van der Waals surface area contributed by atoms with Crippen molar-refractivity contribution >= 4 is 17.5 Å². The summed E-state index contributed by atoms with van der Waals surface area (Å²) in [7, 11) is 0. The van der Waals surface area contributed by atoms with Crippen molar-refractivity contribution < 1.29 is 4.79 Å². The van der Waals surface area contributed by atoms with Gasteiger partial charge in [0.1, 0.15) is 23.7 Å². The van der Waals surface area contributed by atoms with Gasteiger partial charge in [-0.3, -0.25) is 4.79 Å². The predicted molar refractivity (Wildman–Crippen MR) is 75.7 cm³/mol. The minimum Gasteiger partial charge on any atom is -0.357 e. The van der Waals surface area contributed by atoms with Crippen LogP contribution in [0.15, 0.2) is 36.8 Å². The number of aromatic nitrogens is 3. The number of carbonyl (C=O) groups excluding carboxylic acids is 1. The van der Waals surface area contributed by atoms with Crippen LogP contribution in [-0.2, 0) is 0 Å². The van der Waals surface area contributed by atoms with Gasteiger partial charge in [0, 0.05) is 25.4 Å². The Kier molecular flexibility index (Phi) is 3.54. The molecule has 0 radical (unpaired) electrons. The highest BCUT2D eigenvalue weighted by Crippen LogP contribution is 2.17. The molecule has 0 aromatic carbocycles. The van der Waals surface area contributed by atoms with Crippen molar-refractivity contribution in [1.82, 2.24) is 15.0 Å². The fraction of sp³-hybridized carbons (Fsp3) is 0.286. The van der Waals surface area contributed by atoms with Crippen molar-refractivity contribution in [3.05, 3.63) is 42.5 Å². The van der Waals surface area contributed by atoms with Gasteiger partial charge in [0.25, 0.3) is 5.91 Å². The molecule has 1 N–H and O–H groups in total. The Morgan fingerprint density at radius 3 is 2.75 bits per heavy atom. The standard InChI is InChI=1S/C14H15N5O/c20-14(18-12-5-1-2-6-15-12)11-9-13(17-10-16-11)19-7-3-4-8-19/h1-2,5-6,9-10H,3-4,7-8H2,(H,15,18,20). The molecule has 0 unspecified atom stereocenters. The van der Waals surface area contributed by atoms with Crippen LogP contribution >= 0.6 is 0 Å². The molecule has 0 aliphatic carbocycles. The maximum absolute atomic E-state index is 12.1. The Labute approximate surface area is 116 Å². The van der Waals surface area contributed by atoms with Gasteiger partial charge >= 0.3 is 0 Å². The van der Waals surface area contributed by atoms with E-state index in [4.69, 9.17) is 0 Å². The van der Waals surface area contributed by atoms with E-state index in [1.165, 1.54) is 19.2 Å². The zero-order chi connectivity index (χ0) is 13.8. The van der Waals surface area contributed by atoms with Gasteiger partial charge in [0.05, 0.1) is 0 Å². The summed E-state index contributed by atoms with van der Waals surface area (Å²) < 4.78 is 0. The second kappa shape index (κ2) is 5.64. The fourth-order valence-corrected chi connectivity index (χ4v) is 2.21. The van der Waals surface area contributed by atoms with Gasteiger partial charge in [0.15, 0.2) is 0 Å². The third-order valence-corrected chi connectivity index (χ3v) is 3.22. The summed E-state index contributed by atoms with van der Waals surface area (Å²) in [6.07, 6.45) is 5.39. The number of rotatable bonds is 3. The third-order valence-electron chi connectivity index (χ3n) is 3.22. The Morgan fingerprint density at radius 2 is 2.00 bits per heavy atom. The van der Waals surface area contributed by atoms with Crippen LogP contribution in [0.3, 0.4) is 0 Å². The molecule has 2 aromatic heterocycles. The van der Waals surface area contributed by atoms with Crippen LogP contribution in [-0.4, -0.2) is 33.9 Å². The lowest BCUT2D eigenvalue weighted by Crippen LogP contribution is -2.21. The second-order valence-corrected chi connectivity index (χ2v) is 4.62. The zero-order valence-electron chi connectivity index (χ0n) is 11.0. The number of amides is 1. The summed E-state index contributed by atoms with van der Waals surface area (Å²) in [5, 5.41) is 2.72. The van der Waals surface area contributed by atoms with Crippen LogP contribution < -0.4 is 10.2 Å². The monoisotopic (exact) mass is 269 g/mol. The number of hydrogen-bond acceptors (Lipinski definition) is 5. The molecule has 1 saturated heterocycles. The van der Waals surface area contributed by atoms with Gasteiger partial charge < -0.3 is 10.2 Å². The molecular formula is C14H15N5O. The summed E-state index contributed by atoms with van der Waals surface area (Å²) >= 11 is 0. The predicted octanol–water partition coefficient (Wildman–Crippen LogP) is 1.72. The smallest absolute Gasteiger partial charge is 0.275 e. The van der Waals surface area contributed by atoms with Crippen molar-refractivity contribution in [3.63, 3.8) is 0 Å². The number of nitrogens with one attached hydrogen (secondary N) is 1. The molecule has 6 nitrogen and oxygen atoms in total. The first kappa shape index (κ1) is 12.5. The van der Waals surface area contributed by atoms with Gasteiger partial charge in [-0.25, -0.2) is 15.0 Å². The Bertz CT molecular complexity index is 596. The van der Waals surface area contributed by atoms with E-state index < -0.39 is 0 Å². The molecule has 3 heterocycles. The number of nitrogens with zero attached hydrogens (tertiary/aromatic N) is 4. The van der Waals surface area contributed by atoms with Gasteiger partial charge in [-0.2, -0.15) is 0 Å². The molecule has 3 rings (SSSR count). The summed E-state index contributed by atoms with van der Waals surface area (Å²) in [5.74, 6) is 1.05. The summed E-state index contributed by atoms with van der Waals surface area (Å²) in [6, 6.07) is 7.08. The highest BCUT2D eigenvalue weighted by Gasteiger charge is 2.16. The molecule has 0 atom stereocenters. The molecule has 1 amide bonds. The van der Waals surface area contributed by atoms with E-state index in [1.807, 2.05) is 6.07 Å². The summed E-state index contributed by atoms with van der Waals surface area (Å²) in [6.45, 7) is 1.97. The first-order chi connectivity index (χ1) is 9.83. The quantitative estimate of drug-likeness (QED) is 0.918. The Balaban J connectivity index is 1.76.